The van der Waals surface area contributed by atoms with Crippen LogP contribution < -0.4 is 10.6 Å². The zero-order valence-electron chi connectivity index (χ0n) is 15.6. The molecule has 4 heteroatoms. The Morgan fingerprint density at radius 3 is 2.08 bits per heavy atom. The Bertz CT molecular complexity index is 777. The molecule has 0 aliphatic rings. The third-order valence-corrected chi connectivity index (χ3v) is 4.34. The molecular weight excluding hydrogens is 312 g/mol. The Labute approximate surface area is 149 Å². The number of hydrogen-bond donors (Lipinski definition) is 2. The van der Waals surface area contributed by atoms with E-state index >= 15 is 0 Å². The highest BCUT2D eigenvalue weighted by Crippen LogP contribution is 2.22. The van der Waals surface area contributed by atoms with Crippen molar-refractivity contribution < 1.29 is 9.59 Å². The van der Waals surface area contributed by atoms with Crippen LogP contribution in [0.25, 0.3) is 0 Å². The summed E-state index contributed by atoms with van der Waals surface area (Å²) < 4.78 is 0. The molecule has 0 bridgehead atoms. The molecule has 2 N–H and O–H groups in total. The number of carbonyl (C=O) groups excluding carboxylic acids is 2. The van der Waals surface area contributed by atoms with E-state index in [0.717, 1.165) is 22.4 Å². The van der Waals surface area contributed by atoms with E-state index in [-0.39, 0.29) is 11.8 Å². The van der Waals surface area contributed by atoms with E-state index in [1.807, 2.05) is 63.2 Å². The van der Waals surface area contributed by atoms with Gasteiger partial charge in [-0.1, -0.05) is 47.5 Å². The number of carbonyl (C=O) groups is 2. The molecule has 2 amide bonds. The molecule has 0 aliphatic carbocycles. The number of aryl methyl sites for hydroxylation is 3. The van der Waals surface area contributed by atoms with Crippen LogP contribution in [0, 0.1) is 26.2 Å². The predicted octanol–water partition coefficient (Wildman–Crippen LogP) is 3.89. The molecule has 2 aromatic carbocycles. The number of rotatable bonds is 5. The van der Waals surface area contributed by atoms with Gasteiger partial charge >= 0.3 is 0 Å². The maximum absolute atomic E-state index is 12.6. The van der Waals surface area contributed by atoms with Gasteiger partial charge < -0.3 is 10.6 Å². The van der Waals surface area contributed by atoms with Crippen molar-refractivity contribution in [3.8, 4) is 0 Å². The largest absolute Gasteiger partial charge is 0.351 e. The van der Waals surface area contributed by atoms with E-state index in [0.29, 0.717) is 6.54 Å². The normalized spacial score (nSPS) is 11.1. The summed E-state index contributed by atoms with van der Waals surface area (Å²) in [5.41, 5.74) is 3.85. The first-order chi connectivity index (χ1) is 11.7. The van der Waals surface area contributed by atoms with Crippen molar-refractivity contribution in [2.75, 3.05) is 5.32 Å². The van der Waals surface area contributed by atoms with Crippen molar-refractivity contribution in [2.45, 2.75) is 41.2 Å². The maximum atomic E-state index is 12.6. The van der Waals surface area contributed by atoms with Gasteiger partial charge in [0.15, 0.2) is 0 Å². The van der Waals surface area contributed by atoms with Gasteiger partial charge in [-0.05, 0) is 51.8 Å². The molecule has 0 saturated carbocycles. The molecule has 4 nitrogen and oxygen atoms in total. The summed E-state index contributed by atoms with van der Waals surface area (Å²) in [6.45, 7) is 9.63. The highest BCUT2D eigenvalue weighted by molar-refractivity contribution is 6.10. The summed E-state index contributed by atoms with van der Waals surface area (Å²) in [4.78, 5) is 25.1. The van der Waals surface area contributed by atoms with Gasteiger partial charge in [-0.25, -0.2) is 0 Å². The van der Waals surface area contributed by atoms with E-state index in [1.165, 1.54) is 5.56 Å². The van der Waals surface area contributed by atoms with Crippen molar-refractivity contribution in [1.29, 1.82) is 0 Å². The van der Waals surface area contributed by atoms with Gasteiger partial charge in [0.25, 0.3) is 0 Å². The smallest absolute Gasteiger partial charge is 0.239 e. The minimum atomic E-state index is -1.16. The first-order valence-electron chi connectivity index (χ1n) is 8.42. The number of nitrogens with one attached hydrogen (secondary N) is 2. The quantitative estimate of drug-likeness (QED) is 0.813. The molecule has 25 heavy (non-hydrogen) atoms. The zero-order valence-corrected chi connectivity index (χ0v) is 15.6. The molecule has 0 atom stereocenters. The molecule has 0 spiro atoms. The molecule has 0 unspecified atom stereocenters. The standard InChI is InChI=1S/C21H26N2O2/c1-14-6-9-17(10-7-14)13-22-19(24)21(4,5)20(25)23-18-11-8-15(2)12-16(18)3/h6-12H,13H2,1-5H3,(H,22,24)(H,23,25). The van der Waals surface area contributed by atoms with Crippen LogP contribution in [0.15, 0.2) is 42.5 Å². The van der Waals surface area contributed by atoms with Crippen LogP contribution in [0.3, 0.4) is 0 Å². The molecule has 2 aromatic rings. The maximum Gasteiger partial charge on any atom is 0.239 e. The van der Waals surface area contributed by atoms with E-state index in [2.05, 4.69) is 10.6 Å². The molecule has 132 valence electrons. The molecule has 0 heterocycles. The second-order valence-electron chi connectivity index (χ2n) is 7.07. The van der Waals surface area contributed by atoms with Gasteiger partial charge in [0, 0.05) is 12.2 Å². The third-order valence-electron chi connectivity index (χ3n) is 4.34. The lowest BCUT2D eigenvalue weighted by atomic mass is 9.90. The highest BCUT2D eigenvalue weighted by atomic mass is 16.2. The molecule has 0 fully saturated rings. The van der Waals surface area contributed by atoms with E-state index in [1.54, 1.807) is 13.8 Å². The number of anilines is 1. The topological polar surface area (TPSA) is 58.2 Å². The Morgan fingerprint density at radius 2 is 1.48 bits per heavy atom. The van der Waals surface area contributed by atoms with Crippen LogP contribution in [0.2, 0.25) is 0 Å². The fourth-order valence-electron chi connectivity index (χ4n) is 2.44. The average Bonchev–Trinajstić information content (AvgIpc) is 2.56. The summed E-state index contributed by atoms with van der Waals surface area (Å²) >= 11 is 0. The lowest BCUT2D eigenvalue weighted by molar-refractivity contribution is -0.138. The fraction of sp³-hybridized carbons (Fsp3) is 0.333. The second-order valence-corrected chi connectivity index (χ2v) is 7.07. The summed E-state index contributed by atoms with van der Waals surface area (Å²) in [5, 5.41) is 5.71. The van der Waals surface area contributed by atoms with Crippen LogP contribution in [-0.2, 0) is 16.1 Å². The van der Waals surface area contributed by atoms with Gasteiger partial charge in [-0.3, -0.25) is 9.59 Å². The minimum absolute atomic E-state index is 0.296. The molecule has 0 radical (unpaired) electrons. The number of hydrogen-bond acceptors (Lipinski definition) is 2. The molecule has 0 aromatic heterocycles. The van der Waals surface area contributed by atoms with Gasteiger partial charge in [0.05, 0.1) is 0 Å². The number of amides is 2. The first-order valence-corrected chi connectivity index (χ1v) is 8.42. The van der Waals surface area contributed by atoms with Gasteiger partial charge in [-0.15, -0.1) is 0 Å². The van der Waals surface area contributed by atoms with Gasteiger partial charge in [0.1, 0.15) is 5.41 Å². The Kier molecular flexibility index (Phi) is 5.62. The fourth-order valence-corrected chi connectivity index (χ4v) is 2.44. The van der Waals surface area contributed by atoms with Crippen molar-refractivity contribution >= 4 is 17.5 Å². The van der Waals surface area contributed by atoms with Crippen molar-refractivity contribution in [1.82, 2.24) is 5.32 Å². The molecule has 0 saturated heterocycles. The van der Waals surface area contributed by atoms with Crippen LogP contribution in [0.5, 0.6) is 0 Å². The number of benzene rings is 2. The Morgan fingerprint density at radius 1 is 0.880 bits per heavy atom. The van der Waals surface area contributed by atoms with Crippen molar-refractivity contribution in [3.63, 3.8) is 0 Å². The second kappa shape index (κ2) is 7.51. The zero-order chi connectivity index (χ0) is 18.6. The van der Waals surface area contributed by atoms with Crippen LogP contribution in [-0.4, -0.2) is 11.8 Å². The minimum Gasteiger partial charge on any atom is -0.351 e. The first kappa shape index (κ1) is 18.7. The third kappa shape index (κ3) is 4.69. The average molecular weight is 338 g/mol. The molecule has 0 aliphatic heterocycles. The van der Waals surface area contributed by atoms with Gasteiger partial charge in [0.2, 0.25) is 11.8 Å². The van der Waals surface area contributed by atoms with E-state index < -0.39 is 5.41 Å². The SMILES string of the molecule is Cc1ccc(CNC(=O)C(C)(C)C(=O)Nc2ccc(C)cc2C)cc1. The van der Waals surface area contributed by atoms with E-state index in [9.17, 15) is 9.59 Å². The monoisotopic (exact) mass is 338 g/mol. The highest BCUT2D eigenvalue weighted by Gasteiger charge is 2.36. The lowest BCUT2D eigenvalue weighted by Gasteiger charge is -2.23. The molecular formula is C21H26N2O2. The molecule has 2 rings (SSSR count). The van der Waals surface area contributed by atoms with Crippen LogP contribution >= 0.6 is 0 Å². The Hall–Kier alpha value is -2.62. The van der Waals surface area contributed by atoms with E-state index in [4.69, 9.17) is 0 Å². The summed E-state index contributed by atoms with van der Waals surface area (Å²) in [5.74, 6) is -0.615. The Balaban J connectivity index is 2.01. The van der Waals surface area contributed by atoms with Crippen LogP contribution in [0.1, 0.15) is 36.1 Å². The lowest BCUT2D eigenvalue weighted by Crippen LogP contribution is -2.45. The van der Waals surface area contributed by atoms with Crippen LogP contribution in [0.4, 0.5) is 5.69 Å². The summed E-state index contributed by atoms with van der Waals surface area (Å²) in [7, 11) is 0. The van der Waals surface area contributed by atoms with Crippen molar-refractivity contribution in [3.05, 3.63) is 64.7 Å². The summed E-state index contributed by atoms with van der Waals surface area (Å²) in [6, 6.07) is 13.7. The predicted molar refractivity (Wildman–Crippen MR) is 101 cm³/mol. The summed E-state index contributed by atoms with van der Waals surface area (Å²) in [6.07, 6.45) is 0. The van der Waals surface area contributed by atoms with Gasteiger partial charge in [-0.2, -0.15) is 0 Å². The van der Waals surface area contributed by atoms with Crippen molar-refractivity contribution in [2.24, 2.45) is 5.41 Å².